The Labute approximate surface area is 208 Å². The first kappa shape index (κ1) is 26.1. The summed E-state index contributed by atoms with van der Waals surface area (Å²) in [7, 11) is 3.06. The molecule has 176 valence electrons. The number of phenols is 1. The first-order chi connectivity index (χ1) is 15.0. The number of aryl methyl sites for hydroxylation is 1. The van der Waals surface area contributed by atoms with Crippen molar-refractivity contribution in [1.82, 2.24) is 15.1 Å². The Kier molecular flexibility index (Phi) is 10.4. The minimum absolute atomic E-state index is 0. The molecule has 3 rings (SSSR count). The Morgan fingerprint density at radius 1 is 1.03 bits per heavy atom. The van der Waals surface area contributed by atoms with Crippen molar-refractivity contribution in [3.8, 4) is 17.2 Å². The molecule has 2 aromatic carbocycles. The maximum absolute atomic E-state index is 10.1. The van der Waals surface area contributed by atoms with Gasteiger partial charge < -0.3 is 24.8 Å². The van der Waals surface area contributed by atoms with Gasteiger partial charge in [-0.25, -0.2) is 4.99 Å². The Balaban J connectivity index is 0.00000363. The number of hydrogen-bond acceptors (Lipinski definition) is 5. The van der Waals surface area contributed by atoms with Gasteiger partial charge in [0.1, 0.15) is 0 Å². The van der Waals surface area contributed by atoms with Crippen LogP contribution in [-0.4, -0.2) is 67.8 Å². The van der Waals surface area contributed by atoms with E-state index in [1.807, 2.05) is 0 Å². The van der Waals surface area contributed by atoms with Crippen molar-refractivity contribution < 1.29 is 14.6 Å². The number of hydrogen-bond donors (Lipinski definition) is 2. The lowest BCUT2D eigenvalue weighted by atomic mass is 10.1. The smallest absolute Gasteiger partial charge is 0.200 e. The molecule has 0 amide bonds. The second kappa shape index (κ2) is 12.7. The van der Waals surface area contributed by atoms with Crippen LogP contribution >= 0.6 is 24.0 Å². The van der Waals surface area contributed by atoms with E-state index in [4.69, 9.17) is 14.5 Å². The molecule has 8 heteroatoms. The Hall–Kier alpha value is -2.20. The number of halogens is 1. The number of rotatable bonds is 7. The van der Waals surface area contributed by atoms with Gasteiger partial charge in [-0.15, -0.1) is 24.0 Å². The highest BCUT2D eigenvalue weighted by atomic mass is 127. The topological polar surface area (TPSA) is 69.6 Å². The number of aliphatic imine (C=N–C) groups is 1. The number of piperazine rings is 1. The van der Waals surface area contributed by atoms with Crippen LogP contribution in [0.2, 0.25) is 0 Å². The average molecular weight is 554 g/mol. The SMILES string of the molecule is CCNC(=NCc1cc(OC)c(O)c(OC)c1)N1CCN(Cc2cccc(C)c2)CC1.I. The molecule has 0 bridgehead atoms. The van der Waals surface area contributed by atoms with Gasteiger partial charge in [-0.1, -0.05) is 29.8 Å². The molecule has 2 aromatic rings. The summed E-state index contributed by atoms with van der Waals surface area (Å²) in [4.78, 5) is 9.63. The average Bonchev–Trinajstić information content (AvgIpc) is 2.78. The van der Waals surface area contributed by atoms with E-state index in [2.05, 4.69) is 53.2 Å². The van der Waals surface area contributed by atoms with Gasteiger partial charge in [0.2, 0.25) is 5.75 Å². The predicted molar refractivity (Wildman–Crippen MR) is 139 cm³/mol. The summed E-state index contributed by atoms with van der Waals surface area (Å²) < 4.78 is 10.5. The number of guanidine groups is 1. The monoisotopic (exact) mass is 554 g/mol. The van der Waals surface area contributed by atoms with E-state index in [1.165, 1.54) is 25.3 Å². The van der Waals surface area contributed by atoms with Gasteiger partial charge in [0.05, 0.1) is 20.8 Å². The van der Waals surface area contributed by atoms with Gasteiger partial charge in [0.25, 0.3) is 0 Å². The van der Waals surface area contributed by atoms with Gasteiger partial charge in [0.15, 0.2) is 17.5 Å². The maximum atomic E-state index is 10.1. The molecule has 1 saturated heterocycles. The molecule has 0 spiro atoms. The van der Waals surface area contributed by atoms with Crippen molar-refractivity contribution in [3.05, 3.63) is 53.1 Å². The third-order valence-corrected chi connectivity index (χ3v) is 5.45. The van der Waals surface area contributed by atoms with E-state index in [0.29, 0.717) is 18.0 Å². The van der Waals surface area contributed by atoms with Crippen LogP contribution in [0.4, 0.5) is 0 Å². The minimum atomic E-state index is 0. The van der Waals surface area contributed by atoms with Crippen LogP contribution in [0.5, 0.6) is 17.2 Å². The second-order valence-corrected chi connectivity index (χ2v) is 7.77. The molecule has 0 radical (unpaired) electrons. The van der Waals surface area contributed by atoms with Crippen LogP contribution in [0.15, 0.2) is 41.4 Å². The summed E-state index contributed by atoms with van der Waals surface area (Å²) in [5.74, 6) is 1.69. The van der Waals surface area contributed by atoms with Crippen molar-refractivity contribution in [2.24, 2.45) is 4.99 Å². The zero-order valence-electron chi connectivity index (χ0n) is 19.4. The largest absolute Gasteiger partial charge is 0.502 e. The fourth-order valence-electron chi connectivity index (χ4n) is 3.82. The molecule has 0 aliphatic carbocycles. The minimum Gasteiger partial charge on any atom is -0.502 e. The fourth-order valence-corrected chi connectivity index (χ4v) is 3.82. The number of nitrogens with one attached hydrogen (secondary N) is 1. The van der Waals surface area contributed by atoms with Crippen LogP contribution in [0.3, 0.4) is 0 Å². The van der Waals surface area contributed by atoms with E-state index >= 15 is 0 Å². The van der Waals surface area contributed by atoms with Crippen LogP contribution in [0.25, 0.3) is 0 Å². The number of benzene rings is 2. The Bertz CT molecular complexity index is 874. The molecular weight excluding hydrogens is 519 g/mol. The number of ether oxygens (including phenoxy) is 2. The van der Waals surface area contributed by atoms with Crippen LogP contribution < -0.4 is 14.8 Å². The molecule has 0 saturated carbocycles. The molecule has 1 fully saturated rings. The lowest BCUT2D eigenvalue weighted by molar-refractivity contribution is 0.172. The normalized spacial score (nSPS) is 14.6. The third kappa shape index (κ3) is 6.90. The van der Waals surface area contributed by atoms with E-state index in [1.54, 1.807) is 12.1 Å². The van der Waals surface area contributed by atoms with Crippen LogP contribution in [-0.2, 0) is 13.1 Å². The molecule has 1 aliphatic heterocycles. The Morgan fingerprint density at radius 3 is 2.25 bits per heavy atom. The second-order valence-electron chi connectivity index (χ2n) is 7.77. The first-order valence-corrected chi connectivity index (χ1v) is 10.8. The summed E-state index contributed by atoms with van der Waals surface area (Å²) in [6.07, 6.45) is 0. The van der Waals surface area contributed by atoms with E-state index in [-0.39, 0.29) is 29.7 Å². The van der Waals surface area contributed by atoms with E-state index in [0.717, 1.165) is 50.8 Å². The van der Waals surface area contributed by atoms with Gasteiger partial charge in [-0.3, -0.25) is 4.90 Å². The highest BCUT2D eigenvalue weighted by Crippen LogP contribution is 2.37. The van der Waals surface area contributed by atoms with Crippen LogP contribution in [0.1, 0.15) is 23.6 Å². The predicted octanol–water partition coefficient (Wildman–Crippen LogP) is 3.62. The molecule has 1 heterocycles. The molecule has 32 heavy (non-hydrogen) atoms. The molecular formula is C24H35IN4O3. The lowest BCUT2D eigenvalue weighted by Gasteiger charge is -2.36. The zero-order chi connectivity index (χ0) is 22.2. The van der Waals surface area contributed by atoms with Crippen molar-refractivity contribution in [3.63, 3.8) is 0 Å². The van der Waals surface area contributed by atoms with Gasteiger partial charge in [-0.05, 0) is 37.1 Å². The zero-order valence-corrected chi connectivity index (χ0v) is 21.8. The fraction of sp³-hybridized carbons (Fsp3) is 0.458. The first-order valence-electron chi connectivity index (χ1n) is 10.8. The quantitative estimate of drug-likeness (QED) is 0.310. The summed E-state index contributed by atoms with van der Waals surface area (Å²) >= 11 is 0. The molecule has 7 nitrogen and oxygen atoms in total. The lowest BCUT2D eigenvalue weighted by Crippen LogP contribution is -2.52. The number of aromatic hydroxyl groups is 1. The molecule has 0 atom stereocenters. The van der Waals surface area contributed by atoms with Crippen molar-refractivity contribution in [2.45, 2.75) is 26.9 Å². The van der Waals surface area contributed by atoms with E-state index in [9.17, 15) is 5.11 Å². The maximum Gasteiger partial charge on any atom is 0.200 e. The van der Waals surface area contributed by atoms with Gasteiger partial charge >= 0.3 is 0 Å². The number of phenolic OH excluding ortho intramolecular Hbond substituents is 1. The van der Waals surface area contributed by atoms with Crippen LogP contribution in [0, 0.1) is 6.92 Å². The summed E-state index contributed by atoms with van der Waals surface area (Å²) in [5.41, 5.74) is 3.59. The van der Waals surface area contributed by atoms with Crippen molar-refractivity contribution >= 4 is 29.9 Å². The number of methoxy groups -OCH3 is 2. The molecule has 2 N–H and O–H groups in total. The Morgan fingerprint density at radius 2 is 1.69 bits per heavy atom. The highest BCUT2D eigenvalue weighted by Gasteiger charge is 2.20. The molecule has 0 aromatic heterocycles. The number of nitrogens with zero attached hydrogens (tertiary/aromatic N) is 3. The van der Waals surface area contributed by atoms with Crippen molar-refractivity contribution in [2.75, 3.05) is 46.9 Å². The van der Waals surface area contributed by atoms with Gasteiger partial charge in [-0.2, -0.15) is 0 Å². The summed E-state index contributed by atoms with van der Waals surface area (Å²) in [6.45, 7) is 10.3. The standard InChI is InChI=1S/C24H34N4O3.HI/c1-5-25-24(26-16-20-14-21(30-3)23(29)22(15-20)31-4)28-11-9-27(10-12-28)17-19-8-6-7-18(2)13-19;/h6-8,13-15,29H,5,9-12,16-17H2,1-4H3,(H,25,26);1H. The van der Waals surface area contributed by atoms with Gasteiger partial charge in [0, 0.05) is 39.3 Å². The van der Waals surface area contributed by atoms with E-state index < -0.39 is 0 Å². The summed E-state index contributed by atoms with van der Waals surface area (Å²) in [5, 5.41) is 13.5. The highest BCUT2D eigenvalue weighted by molar-refractivity contribution is 14.0. The molecule has 0 unspecified atom stereocenters. The van der Waals surface area contributed by atoms with Crippen molar-refractivity contribution in [1.29, 1.82) is 0 Å². The molecule has 1 aliphatic rings. The summed E-state index contributed by atoms with van der Waals surface area (Å²) in [6, 6.07) is 12.3. The third-order valence-electron chi connectivity index (χ3n) is 5.45.